The number of nitrogens with two attached hydrogens (primary N) is 1. The van der Waals surface area contributed by atoms with Crippen molar-refractivity contribution in [3.05, 3.63) is 29.8 Å². The molecule has 1 aliphatic rings. The number of halogens is 2. The summed E-state index contributed by atoms with van der Waals surface area (Å²) in [5.74, 6) is 1.08. The molecule has 0 spiro atoms. The summed E-state index contributed by atoms with van der Waals surface area (Å²) in [6, 6.07) is 8.80. The van der Waals surface area contributed by atoms with E-state index in [-0.39, 0.29) is 24.8 Å². The standard InChI is InChI=1S/C16H23N5S2.2ClH/c1-13-4-2-5-14(12-13)21-9-7-20(8-10-21)6-3-11-22-16-19-18-15(17)23-16;;/h2,4-5,12H,3,6-11H2,1H3,(H2,17,18);2*1H. The fourth-order valence-corrected chi connectivity index (χ4v) is 4.41. The van der Waals surface area contributed by atoms with Gasteiger partial charge in [0.05, 0.1) is 0 Å². The first kappa shape index (κ1) is 22.3. The first-order chi connectivity index (χ1) is 11.2. The van der Waals surface area contributed by atoms with Crippen LogP contribution in [0.1, 0.15) is 12.0 Å². The lowest BCUT2D eigenvalue weighted by molar-refractivity contribution is 0.259. The highest BCUT2D eigenvalue weighted by atomic mass is 35.5. The van der Waals surface area contributed by atoms with Gasteiger partial charge in [0.2, 0.25) is 5.13 Å². The van der Waals surface area contributed by atoms with Crippen molar-refractivity contribution in [2.75, 3.05) is 49.1 Å². The normalized spacial score (nSPS) is 14.7. The highest BCUT2D eigenvalue weighted by molar-refractivity contribution is 8.01. The molecule has 0 saturated carbocycles. The van der Waals surface area contributed by atoms with Crippen molar-refractivity contribution in [1.29, 1.82) is 0 Å². The largest absolute Gasteiger partial charge is 0.374 e. The monoisotopic (exact) mass is 421 g/mol. The Morgan fingerprint density at radius 3 is 2.56 bits per heavy atom. The van der Waals surface area contributed by atoms with Gasteiger partial charge in [0, 0.05) is 37.6 Å². The number of aryl methyl sites for hydroxylation is 1. The van der Waals surface area contributed by atoms with Crippen LogP contribution in [0, 0.1) is 6.92 Å². The molecule has 1 aromatic heterocycles. The number of piperazine rings is 1. The van der Waals surface area contributed by atoms with Gasteiger partial charge in [0.15, 0.2) is 4.34 Å². The van der Waals surface area contributed by atoms with E-state index in [1.54, 1.807) is 11.8 Å². The van der Waals surface area contributed by atoms with E-state index in [9.17, 15) is 0 Å². The summed E-state index contributed by atoms with van der Waals surface area (Å²) in [4.78, 5) is 5.05. The maximum absolute atomic E-state index is 5.59. The molecule has 1 fully saturated rings. The number of hydrogen-bond acceptors (Lipinski definition) is 7. The molecule has 0 aliphatic carbocycles. The summed E-state index contributed by atoms with van der Waals surface area (Å²) in [5, 5.41) is 8.43. The van der Waals surface area contributed by atoms with E-state index >= 15 is 0 Å². The molecule has 2 aromatic rings. The van der Waals surface area contributed by atoms with Gasteiger partial charge in [-0.2, -0.15) is 0 Å². The van der Waals surface area contributed by atoms with Gasteiger partial charge >= 0.3 is 0 Å². The van der Waals surface area contributed by atoms with Crippen molar-refractivity contribution >= 4 is 58.7 Å². The SMILES string of the molecule is Cc1cccc(N2CCN(CCCSc3nnc(N)s3)CC2)c1.Cl.Cl. The molecular weight excluding hydrogens is 397 g/mol. The molecule has 1 saturated heterocycles. The molecule has 0 radical (unpaired) electrons. The molecule has 1 aliphatic heterocycles. The van der Waals surface area contributed by atoms with Crippen molar-refractivity contribution in [1.82, 2.24) is 15.1 Å². The number of thioether (sulfide) groups is 1. The Bertz CT molecular complexity index is 632. The summed E-state index contributed by atoms with van der Waals surface area (Å²) in [6.07, 6.45) is 1.18. The van der Waals surface area contributed by atoms with Crippen LogP contribution in [0.4, 0.5) is 10.8 Å². The van der Waals surface area contributed by atoms with Crippen LogP contribution in [-0.2, 0) is 0 Å². The smallest absolute Gasteiger partial charge is 0.203 e. The van der Waals surface area contributed by atoms with E-state index in [0.717, 1.165) is 42.8 Å². The van der Waals surface area contributed by atoms with Gasteiger partial charge in [0.1, 0.15) is 0 Å². The topological polar surface area (TPSA) is 58.3 Å². The van der Waals surface area contributed by atoms with Crippen molar-refractivity contribution in [3.63, 3.8) is 0 Å². The minimum Gasteiger partial charge on any atom is -0.374 e. The van der Waals surface area contributed by atoms with E-state index in [2.05, 4.69) is 51.2 Å². The molecule has 0 unspecified atom stereocenters. The van der Waals surface area contributed by atoms with Gasteiger partial charge < -0.3 is 10.6 Å². The number of anilines is 2. The Balaban J connectivity index is 0.00000156. The van der Waals surface area contributed by atoms with Gasteiger partial charge in [-0.3, -0.25) is 4.90 Å². The second-order valence-corrected chi connectivity index (χ2v) is 8.13. The zero-order valence-electron chi connectivity index (χ0n) is 14.3. The van der Waals surface area contributed by atoms with Crippen LogP contribution >= 0.6 is 47.9 Å². The summed E-state index contributed by atoms with van der Waals surface area (Å²) in [6.45, 7) is 7.83. The van der Waals surface area contributed by atoms with Crippen molar-refractivity contribution in [2.45, 2.75) is 17.7 Å². The van der Waals surface area contributed by atoms with E-state index in [0.29, 0.717) is 5.13 Å². The number of benzene rings is 1. The Hall–Kier alpha value is -0.730. The minimum atomic E-state index is 0. The van der Waals surface area contributed by atoms with Crippen LogP contribution in [0.15, 0.2) is 28.6 Å². The average molecular weight is 422 g/mol. The van der Waals surface area contributed by atoms with Gasteiger partial charge in [-0.05, 0) is 37.6 Å². The third-order valence-electron chi connectivity index (χ3n) is 4.01. The lowest BCUT2D eigenvalue weighted by atomic mass is 10.2. The predicted molar refractivity (Wildman–Crippen MR) is 114 cm³/mol. The third-order valence-corrected chi connectivity index (χ3v) is 5.98. The van der Waals surface area contributed by atoms with Gasteiger partial charge in [-0.25, -0.2) is 0 Å². The molecule has 3 rings (SSSR count). The summed E-state index contributed by atoms with van der Waals surface area (Å²) in [5.41, 5.74) is 8.28. The Labute approximate surface area is 170 Å². The fraction of sp³-hybridized carbons (Fsp3) is 0.500. The number of nitrogen functional groups attached to an aromatic ring is 1. The fourth-order valence-electron chi connectivity index (χ4n) is 2.78. The quantitative estimate of drug-likeness (QED) is 0.567. The van der Waals surface area contributed by atoms with Crippen molar-refractivity contribution in [3.8, 4) is 0 Å². The maximum atomic E-state index is 5.59. The highest BCUT2D eigenvalue weighted by Crippen LogP contribution is 2.24. The second kappa shape index (κ2) is 11.1. The van der Waals surface area contributed by atoms with Gasteiger partial charge in [-0.1, -0.05) is 35.2 Å². The third kappa shape index (κ3) is 6.83. The summed E-state index contributed by atoms with van der Waals surface area (Å²) < 4.78 is 0.978. The Kier molecular flexibility index (Phi) is 9.89. The van der Waals surface area contributed by atoms with Crippen molar-refractivity contribution < 1.29 is 0 Å². The molecule has 2 N–H and O–H groups in total. The molecule has 0 amide bonds. The number of aromatic nitrogens is 2. The first-order valence-corrected chi connectivity index (χ1v) is 9.77. The highest BCUT2D eigenvalue weighted by Gasteiger charge is 2.16. The molecule has 140 valence electrons. The zero-order valence-corrected chi connectivity index (χ0v) is 17.5. The molecule has 9 heteroatoms. The lowest BCUT2D eigenvalue weighted by Crippen LogP contribution is -2.46. The molecule has 25 heavy (non-hydrogen) atoms. The van der Waals surface area contributed by atoms with Gasteiger partial charge in [0.25, 0.3) is 0 Å². The Morgan fingerprint density at radius 2 is 1.92 bits per heavy atom. The summed E-state index contributed by atoms with van der Waals surface area (Å²) >= 11 is 3.23. The van der Waals surface area contributed by atoms with Gasteiger partial charge in [-0.15, -0.1) is 35.0 Å². The van der Waals surface area contributed by atoms with E-state index in [1.165, 1.54) is 29.0 Å². The predicted octanol–water partition coefficient (Wildman–Crippen LogP) is 3.58. The molecule has 1 aromatic carbocycles. The summed E-state index contributed by atoms with van der Waals surface area (Å²) in [7, 11) is 0. The minimum absolute atomic E-state index is 0. The molecule has 0 atom stereocenters. The van der Waals surface area contributed by atoms with Crippen LogP contribution in [0.5, 0.6) is 0 Å². The number of hydrogen-bond donors (Lipinski definition) is 1. The lowest BCUT2D eigenvalue weighted by Gasteiger charge is -2.36. The Morgan fingerprint density at radius 1 is 1.16 bits per heavy atom. The number of nitrogens with zero attached hydrogens (tertiary/aromatic N) is 4. The van der Waals surface area contributed by atoms with Crippen LogP contribution < -0.4 is 10.6 Å². The first-order valence-electron chi connectivity index (χ1n) is 7.96. The van der Waals surface area contributed by atoms with E-state index in [1.807, 2.05) is 0 Å². The van der Waals surface area contributed by atoms with E-state index < -0.39 is 0 Å². The van der Waals surface area contributed by atoms with Crippen LogP contribution in [0.25, 0.3) is 0 Å². The molecule has 0 bridgehead atoms. The zero-order chi connectivity index (χ0) is 16.1. The van der Waals surface area contributed by atoms with Crippen LogP contribution in [0.2, 0.25) is 0 Å². The molecule has 2 heterocycles. The second-order valence-electron chi connectivity index (χ2n) is 5.78. The average Bonchev–Trinajstić information content (AvgIpc) is 2.98. The van der Waals surface area contributed by atoms with Crippen LogP contribution in [0.3, 0.4) is 0 Å². The molecule has 5 nitrogen and oxygen atoms in total. The van der Waals surface area contributed by atoms with Crippen LogP contribution in [-0.4, -0.2) is 53.6 Å². The molecular formula is C16H25Cl2N5S2. The maximum Gasteiger partial charge on any atom is 0.203 e. The number of rotatable bonds is 6. The van der Waals surface area contributed by atoms with Crippen molar-refractivity contribution in [2.24, 2.45) is 0 Å². The van der Waals surface area contributed by atoms with E-state index in [4.69, 9.17) is 5.73 Å².